The second-order valence-electron chi connectivity index (χ2n) is 6.99. The van der Waals surface area contributed by atoms with E-state index in [4.69, 9.17) is 17.3 Å². The molecular formula is C24H20N4O2S2. The van der Waals surface area contributed by atoms with Crippen LogP contribution in [0.15, 0.2) is 88.8 Å². The second kappa shape index (κ2) is 9.33. The van der Waals surface area contributed by atoms with Gasteiger partial charge in [-0.2, -0.15) is 5.10 Å². The van der Waals surface area contributed by atoms with E-state index in [1.807, 2.05) is 67.7 Å². The first-order valence-corrected chi connectivity index (χ1v) is 11.1. The summed E-state index contributed by atoms with van der Waals surface area (Å²) in [5.74, 6) is -0.990. The lowest BCUT2D eigenvalue weighted by molar-refractivity contribution is -0.128. The van der Waals surface area contributed by atoms with Gasteiger partial charge in [0.25, 0.3) is 11.8 Å². The van der Waals surface area contributed by atoms with E-state index < -0.39 is 11.8 Å². The van der Waals surface area contributed by atoms with Crippen LogP contribution in [0.1, 0.15) is 5.56 Å². The highest BCUT2D eigenvalue weighted by molar-refractivity contribution is 7.99. The molecule has 1 fully saturated rings. The van der Waals surface area contributed by atoms with E-state index in [-0.39, 0.29) is 17.2 Å². The minimum Gasteiger partial charge on any atom is -0.298 e. The molecule has 2 aromatic carbocycles. The molecule has 0 radical (unpaired) electrons. The first-order valence-electron chi connectivity index (χ1n) is 9.84. The number of rotatable bonds is 6. The standard InChI is InChI=1S/C24H20N4O2S2/c1-3-14-28-22(30)19(21(29)25-24(28)31)15-18-20(16-10-6-4-7-11-16)26-27(2)23(18)32-17-12-8-5-9-13-17/h3-13,15H,1,14H2,2H3,(H,25,29,31). The maximum absolute atomic E-state index is 13.1. The number of amides is 2. The summed E-state index contributed by atoms with van der Waals surface area (Å²) in [5.41, 5.74) is 2.26. The summed E-state index contributed by atoms with van der Waals surface area (Å²) < 4.78 is 1.77. The number of nitrogens with one attached hydrogen (secondary N) is 1. The lowest BCUT2D eigenvalue weighted by Gasteiger charge is -2.27. The summed E-state index contributed by atoms with van der Waals surface area (Å²) >= 11 is 6.68. The average molecular weight is 461 g/mol. The molecule has 0 aliphatic carbocycles. The molecule has 1 aliphatic rings. The van der Waals surface area contributed by atoms with Crippen LogP contribution in [-0.2, 0) is 16.6 Å². The van der Waals surface area contributed by atoms with Crippen molar-refractivity contribution in [1.82, 2.24) is 20.0 Å². The molecule has 8 heteroatoms. The molecule has 4 rings (SSSR count). The van der Waals surface area contributed by atoms with Crippen LogP contribution < -0.4 is 5.32 Å². The SMILES string of the molecule is C=CCN1C(=O)C(=Cc2c(-c3ccccc3)nn(C)c2Sc2ccccc2)C(=O)NC1=S. The lowest BCUT2D eigenvalue weighted by atomic mass is 10.0. The van der Waals surface area contributed by atoms with Crippen molar-refractivity contribution in [2.45, 2.75) is 9.92 Å². The molecule has 0 spiro atoms. The lowest BCUT2D eigenvalue weighted by Crippen LogP contribution is -2.53. The molecule has 1 aromatic heterocycles. The van der Waals surface area contributed by atoms with Crippen molar-refractivity contribution < 1.29 is 9.59 Å². The second-order valence-corrected chi connectivity index (χ2v) is 8.44. The Kier molecular flexibility index (Phi) is 6.34. The fourth-order valence-corrected chi connectivity index (χ4v) is 4.52. The van der Waals surface area contributed by atoms with Gasteiger partial charge in [0.1, 0.15) is 16.3 Å². The average Bonchev–Trinajstić information content (AvgIpc) is 3.10. The summed E-state index contributed by atoms with van der Waals surface area (Å²) in [6.45, 7) is 3.88. The first kappa shape index (κ1) is 21.7. The number of benzene rings is 2. The molecule has 0 saturated carbocycles. The normalized spacial score (nSPS) is 15.2. The van der Waals surface area contributed by atoms with Crippen LogP contribution in [0, 0.1) is 0 Å². The predicted molar refractivity (Wildman–Crippen MR) is 130 cm³/mol. The summed E-state index contributed by atoms with van der Waals surface area (Å²) in [6.07, 6.45) is 3.17. The number of hydrogen-bond acceptors (Lipinski definition) is 5. The van der Waals surface area contributed by atoms with Crippen molar-refractivity contribution in [3.8, 4) is 11.3 Å². The Morgan fingerprint density at radius 1 is 1.09 bits per heavy atom. The molecule has 1 N–H and O–H groups in total. The largest absolute Gasteiger partial charge is 0.298 e. The van der Waals surface area contributed by atoms with Crippen LogP contribution in [0.25, 0.3) is 17.3 Å². The van der Waals surface area contributed by atoms with Gasteiger partial charge >= 0.3 is 0 Å². The van der Waals surface area contributed by atoms with Crippen LogP contribution in [-0.4, -0.2) is 38.2 Å². The number of aromatic nitrogens is 2. The summed E-state index contributed by atoms with van der Waals surface area (Å²) in [4.78, 5) is 28.1. The van der Waals surface area contributed by atoms with Gasteiger partial charge in [-0.25, -0.2) is 0 Å². The van der Waals surface area contributed by atoms with Crippen LogP contribution in [0.5, 0.6) is 0 Å². The van der Waals surface area contributed by atoms with Gasteiger partial charge in [-0.3, -0.25) is 24.5 Å². The third-order valence-corrected chi connectivity index (χ3v) is 6.33. The van der Waals surface area contributed by atoms with E-state index in [9.17, 15) is 9.59 Å². The minimum atomic E-state index is -0.529. The molecule has 0 atom stereocenters. The molecule has 2 heterocycles. The molecular weight excluding hydrogens is 440 g/mol. The van der Waals surface area contributed by atoms with Gasteiger partial charge in [-0.15, -0.1) is 6.58 Å². The van der Waals surface area contributed by atoms with Gasteiger partial charge in [-0.05, 0) is 30.4 Å². The predicted octanol–water partition coefficient (Wildman–Crippen LogP) is 4.05. The summed E-state index contributed by atoms with van der Waals surface area (Å²) in [7, 11) is 1.85. The Labute approximate surface area is 195 Å². The molecule has 1 saturated heterocycles. The zero-order valence-electron chi connectivity index (χ0n) is 17.3. The van der Waals surface area contributed by atoms with Gasteiger partial charge in [0.15, 0.2) is 5.11 Å². The molecule has 2 amide bonds. The first-order chi connectivity index (χ1) is 15.5. The van der Waals surface area contributed by atoms with Crippen molar-refractivity contribution >= 4 is 47.0 Å². The highest BCUT2D eigenvalue weighted by Gasteiger charge is 2.33. The van der Waals surface area contributed by atoms with Crippen LogP contribution in [0.4, 0.5) is 0 Å². The fourth-order valence-electron chi connectivity index (χ4n) is 3.32. The Morgan fingerprint density at radius 3 is 2.41 bits per heavy atom. The fraction of sp³-hybridized carbons (Fsp3) is 0.0833. The minimum absolute atomic E-state index is 0.000503. The van der Waals surface area contributed by atoms with Gasteiger partial charge in [-0.1, -0.05) is 66.4 Å². The van der Waals surface area contributed by atoms with E-state index in [0.29, 0.717) is 11.3 Å². The quantitative estimate of drug-likeness (QED) is 0.260. The number of carbonyl (C=O) groups is 2. The van der Waals surface area contributed by atoms with Crippen LogP contribution >= 0.6 is 24.0 Å². The zero-order valence-corrected chi connectivity index (χ0v) is 19.0. The van der Waals surface area contributed by atoms with Crippen molar-refractivity contribution in [3.05, 3.63) is 84.5 Å². The maximum atomic E-state index is 13.1. The van der Waals surface area contributed by atoms with E-state index >= 15 is 0 Å². The third kappa shape index (κ3) is 4.28. The van der Waals surface area contributed by atoms with E-state index in [1.54, 1.807) is 16.8 Å². The Morgan fingerprint density at radius 2 is 1.75 bits per heavy atom. The van der Waals surface area contributed by atoms with Crippen LogP contribution in [0.2, 0.25) is 0 Å². The summed E-state index contributed by atoms with van der Waals surface area (Å²) in [6, 6.07) is 19.5. The number of aryl methyl sites for hydroxylation is 1. The topological polar surface area (TPSA) is 67.2 Å². The molecule has 160 valence electrons. The van der Waals surface area contributed by atoms with Gasteiger partial charge in [0, 0.05) is 29.6 Å². The molecule has 32 heavy (non-hydrogen) atoms. The molecule has 1 aliphatic heterocycles. The summed E-state index contributed by atoms with van der Waals surface area (Å²) in [5, 5.41) is 8.20. The third-order valence-electron chi connectivity index (χ3n) is 4.82. The number of hydrogen-bond donors (Lipinski definition) is 1. The molecule has 6 nitrogen and oxygen atoms in total. The Balaban J connectivity index is 1.87. The Bertz CT molecular complexity index is 1230. The number of carbonyl (C=O) groups excluding carboxylic acids is 2. The van der Waals surface area contributed by atoms with E-state index in [1.165, 1.54) is 16.7 Å². The molecule has 0 unspecified atom stereocenters. The van der Waals surface area contributed by atoms with Crippen molar-refractivity contribution in [1.29, 1.82) is 0 Å². The molecule has 0 bridgehead atoms. The van der Waals surface area contributed by atoms with Gasteiger partial charge < -0.3 is 0 Å². The van der Waals surface area contributed by atoms with Crippen molar-refractivity contribution in [2.75, 3.05) is 6.54 Å². The highest BCUT2D eigenvalue weighted by atomic mass is 32.2. The van der Waals surface area contributed by atoms with Gasteiger partial charge in [0.05, 0.1) is 0 Å². The monoisotopic (exact) mass is 460 g/mol. The Hall–Kier alpha value is -3.49. The van der Waals surface area contributed by atoms with Crippen LogP contribution in [0.3, 0.4) is 0 Å². The number of nitrogens with zero attached hydrogens (tertiary/aromatic N) is 3. The number of thiocarbonyl (C=S) groups is 1. The van der Waals surface area contributed by atoms with E-state index in [2.05, 4.69) is 11.9 Å². The van der Waals surface area contributed by atoms with Crippen molar-refractivity contribution in [2.24, 2.45) is 7.05 Å². The molecule has 3 aromatic rings. The van der Waals surface area contributed by atoms with E-state index in [0.717, 1.165) is 15.5 Å². The highest BCUT2D eigenvalue weighted by Crippen LogP contribution is 2.37. The van der Waals surface area contributed by atoms with Gasteiger partial charge in [0.2, 0.25) is 0 Å². The zero-order chi connectivity index (χ0) is 22.7. The smallest absolute Gasteiger partial charge is 0.265 e. The van der Waals surface area contributed by atoms with Crippen molar-refractivity contribution in [3.63, 3.8) is 0 Å². The maximum Gasteiger partial charge on any atom is 0.265 e.